The SMILES string of the molecule is Cn1cc2ccc(-n3cc(C(=O)N4CCC[C@@H](N)C4)nc3-c3ccc(C#N)c(F)c3)cc2n1. The second kappa shape index (κ2) is 8.15. The number of benzene rings is 2. The summed E-state index contributed by atoms with van der Waals surface area (Å²) in [5, 5.41) is 14.5. The number of aromatic nitrogens is 4. The zero-order valence-electron chi connectivity index (χ0n) is 18.1. The van der Waals surface area contributed by atoms with Gasteiger partial charge in [-0.05, 0) is 49.2 Å². The van der Waals surface area contributed by atoms with Crippen molar-refractivity contribution in [3.8, 4) is 23.1 Å². The molecule has 4 aromatic rings. The highest BCUT2D eigenvalue weighted by Crippen LogP contribution is 2.27. The van der Waals surface area contributed by atoms with Gasteiger partial charge in [0.15, 0.2) is 0 Å². The van der Waals surface area contributed by atoms with Crippen LogP contribution in [0.25, 0.3) is 28.0 Å². The molecule has 1 aliphatic rings. The van der Waals surface area contributed by atoms with Gasteiger partial charge in [0.2, 0.25) is 0 Å². The largest absolute Gasteiger partial charge is 0.336 e. The number of nitrogens with two attached hydrogens (primary N) is 1. The van der Waals surface area contributed by atoms with Crippen LogP contribution in [0.3, 0.4) is 0 Å². The van der Waals surface area contributed by atoms with Gasteiger partial charge in [0, 0.05) is 55.2 Å². The molecule has 2 aromatic heterocycles. The van der Waals surface area contributed by atoms with E-state index in [1.54, 1.807) is 26.4 Å². The highest BCUT2D eigenvalue weighted by Gasteiger charge is 2.26. The molecular weight excluding hydrogens is 421 g/mol. The molecule has 9 heteroatoms. The summed E-state index contributed by atoms with van der Waals surface area (Å²) >= 11 is 0. The van der Waals surface area contributed by atoms with Crippen molar-refractivity contribution in [2.75, 3.05) is 13.1 Å². The topological polar surface area (TPSA) is 106 Å². The van der Waals surface area contributed by atoms with Crippen LogP contribution in [0.15, 0.2) is 48.8 Å². The van der Waals surface area contributed by atoms with Crippen LogP contribution in [0.4, 0.5) is 4.39 Å². The quantitative estimate of drug-likeness (QED) is 0.524. The summed E-state index contributed by atoms with van der Waals surface area (Å²) in [5.41, 5.74) is 8.25. The van der Waals surface area contributed by atoms with Crippen molar-refractivity contribution in [1.82, 2.24) is 24.2 Å². The van der Waals surface area contributed by atoms with E-state index in [1.165, 1.54) is 12.1 Å². The van der Waals surface area contributed by atoms with Crippen LogP contribution in [-0.2, 0) is 7.05 Å². The molecule has 1 amide bonds. The van der Waals surface area contributed by atoms with Gasteiger partial charge in [-0.3, -0.25) is 14.0 Å². The van der Waals surface area contributed by atoms with E-state index < -0.39 is 5.82 Å². The molecule has 1 saturated heterocycles. The van der Waals surface area contributed by atoms with Crippen LogP contribution in [0.5, 0.6) is 0 Å². The zero-order chi connectivity index (χ0) is 23.1. The Labute approximate surface area is 189 Å². The van der Waals surface area contributed by atoms with Gasteiger partial charge in [-0.25, -0.2) is 9.37 Å². The van der Waals surface area contributed by atoms with Crippen molar-refractivity contribution < 1.29 is 9.18 Å². The Kier molecular flexibility index (Phi) is 5.15. The lowest BCUT2D eigenvalue weighted by Gasteiger charge is -2.30. The molecule has 0 unspecified atom stereocenters. The van der Waals surface area contributed by atoms with Gasteiger partial charge in [-0.15, -0.1) is 0 Å². The number of fused-ring (bicyclic) bond motifs is 1. The number of carbonyl (C=O) groups is 1. The van der Waals surface area contributed by atoms with Gasteiger partial charge in [0.05, 0.1) is 11.1 Å². The van der Waals surface area contributed by atoms with Crippen LogP contribution in [0.2, 0.25) is 0 Å². The summed E-state index contributed by atoms with van der Waals surface area (Å²) in [7, 11) is 1.85. The average Bonchev–Trinajstić information content (AvgIpc) is 3.41. The standard InChI is InChI=1S/C24H22FN7O/c1-30-12-17-6-7-19(10-21(17)29-30)32-14-22(24(33)31-8-2-3-18(27)13-31)28-23(32)15-4-5-16(11-26)20(25)9-15/h4-7,9-10,12,14,18H,2-3,8,13,27H2,1H3/t18-/m1/s1. The Morgan fingerprint density at radius 1 is 1.24 bits per heavy atom. The van der Waals surface area contributed by atoms with E-state index in [2.05, 4.69) is 10.1 Å². The van der Waals surface area contributed by atoms with Gasteiger partial charge < -0.3 is 10.6 Å². The maximum absolute atomic E-state index is 14.4. The Bertz CT molecular complexity index is 1410. The molecule has 33 heavy (non-hydrogen) atoms. The van der Waals surface area contributed by atoms with E-state index in [-0.39, 0.29) is 23.2 Å². The fourth-order valence-corrected chi connectivity index (χ4v) is 4.26. The molecule has 1 atom stereocenters. The fourth-order valence-electron chi connectivity index (χ4n) is 4.26. The Morgan fingerprint density at radius 2 is 2.09 bits per heavy atom. The number of nitrogens with zero attached hydrogens (tertiary/aromatic N) is 6. The van der Waals surface area contributed by atoms with Crippen LogP contribution in [-0.4, -0.2) is 49.3 Å². The van der Waals surface area contributed by atoms with Crippen LogP contribution < -0.4 is 5.73 Å². The number of nitriles is 1. The van der Waals surface area contributed by atoms with Gasteiger partial charge in [-0.1, -0.05) is 0 Å². The molecular formula is C24H22FN7O. The molecule has 0 spiro atoms. The molecule has 166 valence electrons. The zero-order valence-corrected chi connectivity index (χ0v) is 18.1. The number of amides is 1. The maximum Gasteiger partial charge on any atom is 0.274 e. The number of carbonyl (C=O) groups excluding carboxylic acids is 1. The van der Waals surface area contributed by atoms with Crippen molar-refractivity contribution in [2.45, 2.75) is 18.9 Å². The lowest BCUT2D eigenvalue weighted by Crippen LogP contribution is -2.45. The molecule has 0 aliphatic carbocycles. The molecule has 1 fully saturated rings. The molecule has 3 heterocycles. The summed E-state index contributed by atoms with van der Waals surface area (Å²) in [6.07, 6.45) is 5.31. The maximum atomic E-state index is 14.4. The predicted molar refractivity (Wildman–Crippen MR) is 121 cm³/mol. The smallest absolute Gasteiger partial charge is 0.274 e. The number of imidazole rings is 1. The third-order valence-corrected chi connectivity index (χ3v) is 5.90. The number of piperidine rings is 1. The minimum atomic E-state index is -0.639. The number of rotatable bonds is 3. The van der Waals surface area contributed by atoms with Crippen molar-refractivity contribution in [3.63, 3.8) is 0 Å². The monoisotopic (exact) mass is 443 g/mol. The molecule has 8 nitrogen and oxygen atoms in total. The van der Waals surface area contributed by atoms with Gasteiger partial charge in [-0.2, -0.15) is 10.4 Å². The first-order valence-corrected chi connectivity index (χ1v) is 10.7. The molecule has 2 N–H and O–H groups in total. The van der Waals surface area contributed by atoms with Crippen LogP contribution >= 0.6 is 0 Å². The number of hydrogen-bond donors (Lipinski definition) is 1. The summed E-state index contributed by atoms with van der Waals surface area (Å²) in [6, 6.07) is 11.8. The Morgan fingerprint density at radius 3 is 2.85 bits per heavy atom. The minimum absolute atomic E-state index is 0.0506. The summed E-state index contributed by atoms with van der Waals surface area (Å²) < 4.78 is 17.9. The molecule has 5 rings (SSSR count). The Hall–Kier alpha value is -4.03. The first kappa shape index (κ1) is 20.8. The normalized spacial score (nSPS) is 16.2. The molecule has 1 aliphatic heterocycles. The summed E-state index contributed by atoms with van der Waals surface area (Å²) in [6.45, 7) is 1.10. The fraction of sp³-hybridized carbons (Fsp3) is 0.250. The highest BCUT2D eigenvalue weighted by atomic mass is 19.1. The predicted octanol–water partition coefficient (Wildman–Crippen LogP) is 3.00. The summed E-state index contributed by atoms with van der Waals surface area (Å²) in [5.74, 6) is -0.448. The Balaban J connectivity index is 1.63. The van der Waals surface area contributed by atoms with Crippen LogP contribution in [0, 0.1) is 17.1 Å². The van der Waals surface area contributed by atoms with Crippen molar-refractivity contribution in [3.05, 3.63) is 65.9 Å². The van der Waals surface area contributed by atoms with Gasteiger partial charge in [0.1, 0.15) is 23.4 Å². The van der Waals surface area contributed by atoms with Gasteiger partial charge in [0.25, 0.3) is 5.91 Å². The summed E-state index contributed by atoms with van der Waals surface area (Å²) in [4.78, 5) is 19.5. The van der Waals surface area contributed by atoms with Crippen LogP contribution in [0.1, 0.15) is 28.9 Å². The third-order valence-electron chi connectivity index (χ3n) is 5.90. The van der Waals surface area contributed by atoms with E-state index in [1.807, 2.05) is 37.5 Å². The number of halogens is 1. The lowest BCUT2D eigenvalue weighted by molar-refractivity contribution is 0.0703. The number of likely N-dealkylation sites (tertiary alicyclic amines) is 1. The first-order chi connectivity index (χ1) is 15.9. The second-order valence-corrected chi connectivity index (χ2v) is 8.33. The molecule has 0 saturated carbocycles. The van der Waals surface area contributed by atoms with E-state index >= 15 is 0 Å². The van der Waals surface area contributed by atoms with E-state index in [0.717, 1.165) is 29.4 Å². The number of hydrogen-bond acceptors (Lipinski definition) is 5. The number of aryl methyl sites for hydroxylation is 1. The van der Waals surface area contributed by atoms with E-state index in [0.29, 0.717) is 24.5 Å². The highest BCUT2D eigenvalue weighted by molar-refractivity contribution is 5.93. The first-order valence-electron chi connectivity index (χ1n) is 10.7. The third kappa shape index (κ3) is 3.85. The molecule has 0 radical (unpaired) electrons. The minimum Gasteiger partial charge on any atom is -0.336 e. The second-order valence-electron chi connectivity index (χ2n) is 8.33. The molecule has 2 aromatic carbocycles. The van der Waals surface area contributed by atoms with Gasteiger partial charge >= 0.3 is 0 Å². The van der Waals surface area contributed by atoms with Crippen molar-refractivity contribution in [1.29, 1.82) is 5.26 Å². The average molecular weight is 443 g/mol. The lowest BCUT2D eigenvalue weighted by atomic mass is 10.1. The van der Waals surface area contributed by atoms with E-state index in [9.17, 15) is 9.18 Å². The van der Waals surface area contributed by atoms with E-state index in [4.69, 9.17) is 11.0 Å². The van der Waals surface area contributed by atoms with Crippen molar-refractivity contribution in [2.24, 2.45) is 12.8 Å². The molecule has 0 bridgehead atoms. The van der Waals surface area contributed by atoms with Crippen molar-refractivity contribution >= 4 is 16.8 Å².